The smallest absolute Gasteiger partial charge is 0.125 e. The first-order chi connectivity index (χ1) is 9.74. The summed E-state index contributed by atoms with van der Waals surface area (Å²) in [5, 5.41) is 9.75. The number of benzene rings is 2. The van der Waals surface area contributed by atoms with E-state index in [0.29, 0.717) is 6.61 Å². The van der Waals surface area contributed by atoms with Gasteiger partial charge in [-0.2, -0.15) is 0 Å². The minimum atomic E-state index is -0.508. The van der Waals surface area contributed by atoms with Gasteiger partial charge in [-0.15, -0.1) is 0 Å². The third-order valence-corrected chi connectivity index (χ3v) is 3.93. The predicted molar refractivity (Wildman–Crippen MR) is 79.9 cm³/mol. The van der Waals surface area contributed by atoms with Gasteiger partial charge < -0.3 is 9.84 Å². The number of aliphatic hydroxyl groups excluding tert-OH is 1. The van der Waals surface area contributed by atoms with Crippen LogP contribution in [-0.2, 0) is 19.4 Å². The number of aryl methyl sites for hydroxylation is 2. The largest absolute Gasteiger partial charge is 0.489 e. The van der Waals surface area contributed by atoms with Gasteiger partial charge in [-0.25, -0.2) is 0 Å². The van der Waals surface area contributed by atoms with E-state index in [1.807, 2.05) is 24.3 Å². The van der Waals surface area contributed by atoms with Crippen molar-refractivity contribution < 1.29 is 9.84 Å². The van der Waals surface area contributed by atoms with Crippen LogP contribution in [0.5, 0.6) is 5.75 Å². The third kappa shape index (κ3) is 2.70. The second-order valence-electron chi connectivity index (χ2n) is 5.46. The zero-order valence-corrected chi connectivity index (χ0v) is 11.8. The molecule has 104 valence electrons. The fourth-order valence-corrected chi connectivity index (χ4v) is 2.83. The van der Waals surface area contributed by atoms with Crippen LogP contribution in [0.4, 0.5) is 0 Å². The van der Waals surface area contributed by atoms with E-state index in [1.54, 1.807) is 6.92 Å². The number of fused-ring (bicyclic) bond motifs is 1. The highest BCUT2D eigenvalue weighted by atomic mass is 16.5. The van der Waals surface area contributed by atoms with Crippen LogP contribution >= 0.6 is 0 Å². The van der Waals surface area contributed by atoms with E-state index in [-0.39, 0.29) is 0 Å². The fourth-order valence-electron chi connectivity index (χ4n) is 2.83. The van der Waals surface area contributed by atoms with Gasteiger partial charge in [0, 0.05) is 5.56 Å². The summed E-state index contributed by atoms with van der Waals surface area (Å²) in [4.78, 5) is 0. The Labute approximate surface area is 120 Å². The first-order valence-corrected chi connectivity index (χ1v) is 7.24. The van der Waals surface area contributed by atoms with E-state index >= 15 is 0 Å². The van der Waals surface area contributed by atoms with Crippen molar-refractivity contribution in [2.24, 2.45) is 0 Å². The minimum absolute atomic E-state index is 0.508. The van der Waals surface area contributed by atoms with Crippen molar-refractivity contribution in [3.63, 3.8) is 0 Å². The predicted octanol–water partition coefficient (Wildman–Crippen LogP) is 3.81. The van der Waals surface area contributed by atoms with Gasteiger partial charge in [0.2, 0.25) is 0 Å². The molecular formula is C18H20O2. The summed E-state index contributed by atoms with van der Waals surface area (Å²) in [7, 11) is 0. The molecule has 1 aliphatic rings. The summed E-state index contributed by atoms with van der Waals surface area (Å²) in [5.41, 5.74) is 4.99. The molecule has 2 aromatic carbocycles. The molecule has 2 nitrogen and oxygen atoms in total. The number of hydrogen-bond acceptors (Lipinski definition) is 2. The van der Waals surface area contributed by atoms with Crippen molar-refractivity contribution in [1.82, 2.24) is 0 Å². The molecule has 0 aliphatic heterocycles. The Morgan fingerprint density at radius 2 is 1.90 bits per heavy atom. The zero-order valence-electron chi connectivity index (χ0n) is 11.8. The van der Waals surface area contributed by atoms with Gasteiger partial charge >= 0.3 is 0 Å². The lowest BCUT2D eigenvalue weighted by molar-refractivity contribution is 0.190. The highest BCUT2D eigenvalue weighted by Gasteiger charge is 2.12. The van der Waals surface area contributed by atoms with E-state index in [9.17, 15) is 5.11 Å². The average molecular weight is 268 g/mol. The van der Waals surface area contributed by atoms with Gasteiger partial charge in [-0.1, -0.05) is 36.4 Å². The van der Waals surface area contributed by atoms with Gasteiger partial charge in [0.15, 0.2) is 0 Å². The van der Waals surface area contributed by atoms with Gasteiger partial charge in [0.25, 0.3) is 0 Å². The van der Waals surface area contributed by atoms with Crippen molar-refractivity contribution in [3.05, 3.63) is 64.7 Å². The Morgan fingerprint density at radius 1 is 1.10 bits per heavy atom. The van der Waals surface area contributed by atoms with E-state index < -0.39 is 6.10 Å². The van der Waals surface area contributed by atoms with Crippen LogP contribution in [0.2, 0.25) is 0 Å². The van der Waals surface area contributed by atoms with Crippen molar-refractivity contribution in [1.29, 1.82) is 0 Å². The molecule has 0 heterocycles. The summed E-state index contributed by atoms with van der Waals surface area (Å²) < 4.78 is 5.88. The van der Waals surface area contributed by atoms with Gasteiger partial charge in [-0.3, -0.25) is 0 Å². The maximum absolute atomic E-state index is 9.75. The van der Waals surface area contributed by atoms with Crippen molar-refractivity contribution >= 4 is 0 Å². The standard InChI is InChI=1S/C18H20O2/c1-13(19)17-7-2-3-8-18(17)20-12-14-9-10-15-5-4-6-16(15)11-14/h2-3,7-11,13,19H,4-6,12H2,1H3/t13-/m1/s1. The minimum Gasteiger partial charge on any atom is -0.489 e. The molecule has 0 radical (unpaired) electrons. The van der Waals surface area contributed by atoms with Crippen LogP contribution < -0.4 is 4.74 Å². The Bertz CT molecular complexity index is 602. The Hall–Kier alpha value is -1.80. The van der Waals surface area contributed by atoms with E-state index in [1.165, 1.54) is 36.0 Å². The lowest BCUT2D eigenvalue weighted by Gasteiger charge is -2.13. The molecule has 0 unspecified atom stereocenters. The van der Waals surface area contributed by atoms with E-state index in [0.717, 1.165) is 11.3 Å². The molecule has 0 saturated carbocycles. The lowest BCUT2D eigenvalue weighted by atomic mass is 10.1. The fraction of sp³-hybridized carbons (Fsp3) is 0.333. The second-order valence-corrected chi connectivity index (χ2v) is 5.46. The van der Waals surface area contributed by atoms with Crippen molar-refractivity contribution in [3.8, 4) is 5.75 Å². The number of rotatable bonds is 4. The lowest BCUT2D eigenvalue weighted by Crippen LogP contribution is -2.01. The topological polar surface area (TPSA) is 29.5 Å². The zero-order chi connectivity index (χ0) is 13.9. The number of aliphatic hydroxyl groups is 1. The SMILES string of the molecule is C[C@@H](O)c1ccccc1OCc1ccc2c(c1)CCC2. The maximum atomic E-state index is 9.75. The maximum Gasteiger partial charge on any atom is 0.125 e. The summed E-state index contributed by atoms with van der Waals surface area (Å²) in [5.74, 6) is 0.767. The Kier molecular flexibility index (Phi) is 3.75. The van der Waals surface area contributed by atoms with E-state index in [2.05, 4.69) is 18.2 Å². The van der Waals surface area contributed by atoms with Gasteiger partial charge in [0.05, 0.1) is 6.10 Å². The molecule has 0 amide bonds. The number of ether oxygens (including phenoxy) is 1. The van der Waals surface area contributed by atoms with Gasteiger partial charge in [0.1, 0.15) is 12.4 Å². The highest BCUT2D eigenvalue weighted by molar-refractivity contribution is 5.37. The van der Waals surface area contributed by atoms with E-state index in [4.69, 9.17) is 4.74 Å². The summed E-state index contributed by atoms with van der Waals surface area (Å²) in [6.45, 7) is 2.31. The monoisotopic (exact) mass is 268 g/mol. The first-order valence-electron chi connectivity index (χ1n) is 7.24. The molecule has 1 aliphatic carbocycles. The molecule has 0 fully saturated rings. The quantitative estimate of drug-likeness (QED) is 0.913. The normalized spacial score (nSPS) is 14.9. The molecule has 0 saturated heterocycles. The highest BCUT2D eigenvalue weighted by Crippen LogP contribution is 2.27. The second kappa shape index (κ2) is 5.68. The number of hydrogen-bond donors (Lipinski definition) is 1. The van der Waals surface area contributed by atoms with Crippen LogP contribution in [0.3, 0.4) is 0 Å². The average Bonchev–Trinajstić information content (AvgIpc) is 2.92. The van der Waals surface area contributed by atoms with Crippen LogP contribution in [0.15, 0.2) is 42.5 Å². The third-order valence-electron chi connectivity index (χ3n) is 3.93. The molecule has 0 aromatic heterocycles. The van der Waals surface area contributed by atoms with Gasteiger partial charge in [-0.05, 0) is 48.9 Å². The Balaban J connectivity index is 1.74. The van der Waals surface area contributed by atoms with Crippen molar-refractivity contribution in [2.75, 3.05) is 0 Å². The summed E-state index contributed by atoms with van der Waals surface area (Å²) in [6.07, 6.45) is 3.16. The van der Waals surface area contributed by atoms with Crippen LogP contribution in [-0.4, -0.2) is 5.11 Å². The molecule has 2 aromatic rings. The van der Waals surface area contributed by atoms with Crippen molar-refractivity contribution in [2.45, 2.75) is 38.9 Å². The molecule has 3 rings (SSSR count). The molecule has 1 atom stereocenters. The Morgan fingerprint density at radius 3 is 2.75 bits per heavy atom. The molecule has 2 heteroatoms. The van der Waals surface area contributed by atoms with Crippen LogP contribution in [0.1, 0.15) is 41.7 Å². The summed E-state index contributed by atoms with van der Waals surface area (Å²) >= 11 is 0. The molecule has 0 bridgehead atoms. The molecule has 1 N–H and O–H groups in total. The van der Waals surface area contributed by atoms with Crippen LogP contribution in [0.25, 0.3) is 0 Å². The van der Waals surface area contributed by atoms with Crippen LogP contribution in [0, 0.1) is 0 Å². The first kappa shape index (κ1) is 13.2. The molecular weight excluding hydrogens is 248 g/mol. The molecule has 20 heavy (non-hydrogen) atoms. The number of para-hydroxylation sites is 1. The molecule has 0 spiro atoms. The summed E-state index contributed by atoms with van der Waals surface area (Å²) in [6, 6.07) is 14.3.